The van der Waals surface area contributed by atoms with Crippen molar-refractivity contribution < 1.29 is 23.9 Å². The number of benzene rings is 3. The van der Waals surface area contributed by atoms with E-state index in [-0.39, 0.29) is 41.6 Å². The minimum Gasteiger partial charge on any atom is -0.454 e. The van der Waals surface area contributed by atoms with Crippen molar-refractivity contribution in [2.24, 2.45) is 11.8 Å². The first-order valence-electron chi connectivity index (χ1n) is 12.9. The van der Waals surface area contributed by atoms with Crippen molar-refractivity contribution >= 4 is 56.1 Å². The standard InChI is InChI=1S/C32H23BrN2O5/c33-21-12-15-27-25(16-21)26(32(39)40-18-29(36)20-6-2-1-3-7-20)17-28(34-27)19-10-13-22(14-11-19)35-30(37)23-8-4-5-9-24(23)31(35)38/h1-7,10-17,23-24H,8-9,18H2/t23-,24-/m1/s1. The van der Waals surface area contributed by atoms with Crippen LogP contribution in [0.3, 0.4) is 0 Å². The number of carbonyl (C=O) groups excluding carboxylic acids is 4. The van der Waals surface area contributed by atoms with Gasteiger partial charge in [0.15, 0.2) is 12.4 Å². The zero-order valence-corrected chi connectivity index (χ0v) is 22.8. The lowest BCUT2D eigenvalue weighted by molar-refractivity contribution is -0.122. The van der Waals surface area contributed by atoms with Gasteiger partial charge in [-0.2, -0.15) is 0 Å². The van der Waals surface area contributed by atoms with E-state index in [2.05, 4.69) is 15.9 Å². The molecule has 0 unspecified atom stereocenters. The Morgan fingerprint density at radius 2 is 1.55 bits per heavy atom. The zero-order chi connectivity index (χ0) is 27.8. The van der Waals surface area contributed by atoms with E-state index in [1.807, 2.05) is 24.3 Å². The lowest BCUT2D eigenvalue weighted by Crippen LogP contribution is -2.30. The number of carbonyl (C=O) groups is 4. The molecule has 6 rings (SSSR count). The monoisotopic (exact) mass is 594 g/mol. The van der Waals surface area contributed by atoms with Crippen molar-refractivity contribution in [1.29, 1.82) is 0 Å². The molecule has 2 amide bonds. The molecular weight excluding hydrogens is 572 g/mol. The maximum Gasteiger partial charge on any atom is 0.339 e. The molecule has 2 aliphatic rings. The first-order chi connectivity index (χ1) is 19.4. The molecule has 0 radical (unpaired) electrons. The molecule has 198 valence electrons. The van der Waals surface area contributed by atoms with Crippen LogP contribution in [0.15, 0.2) is 95.5 Å². The second-order valence-corrected chi connectivity index (χ2v) is 10.7. The van der Waals surface area contributed by atoms with Gasteiger partial charge < -0.3 is 4.74 Å². The highest BCUT2D eigenvalue weighted by molar-refractivity contribution is 9.10. The fourth-order valence-corrected chi connectivity index (χ4v) is 5.63. The third-order valence-corrected chi connectivity index (χ3v) is 7.84. The summed E-state index contributed by atoms with van der Waals surface area (Å²) in [5, 5.41) is 0.580. The van der Waals surface area contributed by atoms with Gasteiger partial charge in [0, 0.05) is 21.0 Å². The molecule has 1 aliphatic carbocycles. The number of fused-ring (bicyclic) bond motifs is 2. The van der Waals surface area contributed by atoms with E-state index >= 15 is 0 Å². The van der Waals surface area contributed by atoms with Crippen molar-refractivity contribution in [2.45, 2.75) is 12.8 Å². The number of halogens is 1. The number of pyridine rings is 1. The van der Waals surface area contributed by atoms with Crippen molar-refractivity contribution in [2.75, 3.05) is 11.5 Å². The summed E-state index contributed by atoms with van der Waals surface area (Å²) < 4.78 is 6.19. The number of imide groups is 1. The Morgan fingerprint density at radius 1 is 0.875 bits per heavy atom. The molecule has 1 aliphatic heterocycles. The molecule has 8 heteroatoms. The largest absolute Gasteiger partial charge is 0.454 e. The number of allylic oxidation sites excluding steroid dienone is 2. The van der Waals surface area contributed by atoms with Gasteiger partial charge in [-0.25, -0.2) is 9.78 Å². The van der Waals surface area contributed by atoms with E-state index in [4.69, 9.17) is 9.72 Å². The van der Waals surface area contributed by atoms with Crippen LogP contribution in [0.5, 0.6) is 0 Å². The average molecular weight is 595 g/mol. The summed E-state index contributed by atoms with van der Waals surface area (Å²) in [6.45, 7) is -0.389. The molecule has 2 atom stereocenters. The number of Topliss-reactive ketones (excluding diaryl/α,β-unsaturated/α-hetero) is 1. The van der Waals surface area contributed by atoms with E-state index < -0.39 is 5.97 Å². The first kappa shape index (κ1) is 25.8. The van der Waals surface area contributed by atoms with Crippen LogP contribution < -0.4 is 4.90 Å². The fraction of sp³-hybridized carbons (Fsp3) is 0.156. The summed E-state index contributed by atoms with van der Waals surface area (Å²) in [5.41, 5.74) is 3.03. The Morgan fingerprint density at radius 3 is 2.23 bits per heavy atom. The van der Waals surface area contributed by atoms with Crippen molar-refractivity contribution in [3.63, 3.8) is 0 Å². The summed E-state index contributed by atoms with van der Waals surface area (Å²) in [7, 11) is 0. The van der Waals surface area contributed by atoms with E-state index in [9.17, 15) is 19.2 Å². The third-order valence-electron chi connectivity index (χ3n) is 7.35. The maximum atomic E-state index is 13.2. The molecule has 4 aromatic rings. The number of ether oxygens (including phenoxy) is 1. The van der Waals surface area contributed by atoms with Gasteiger partial charge in [0.25, 0.3) is 0 Å². The SMILES string of the molecule is O=C(COC(=O)c1cc(-c2ccc(N3C(=O)[C@@H]4CC=CC[C@H]4C3=O)cc2)nc2ccc(Br)cc12)c1ccccc1. The molecule has 40 heavy (non-hydrogen) atoms. The zero-order valence-electron chi connectivity index (χ0n) is 21.2. The molecular formula is C32H23BrN2O5. The van der Waals surface area contributed by atoms with Gasteiger partial charge in [0.2, 0.25) is 11.8 Å². The number of rotatable bonds is 6. The first-order valence-corrected chi connectivity index (χ1v) is 13.7. The van der Waals surface area contributed by atoms with E-state index in [0.29, 0.717) is 46.3 Å². The van der Waals surface area contributed by atoms with Crippen molar-refractivity contribution in [1.82, 2.24) is 4.98 Å². The Bertz CT molecular complexity index is 1670. The smallest absolute Gasteiger partial charge is 0.339 e. The summed E-state index contributed by atoms with van der Waals surface area (Å²) in [5.74, 6) is -1.89. The minimum absolute atomic E-state index is 0.170. The van der Waals surface area contributed by atoms with Crippen LogP contribution in [0.4, 0.5) is 5.69 Å². The van der Waals surface area contributed by atoms with Crippen LogP contribution in [0, 0.1) is 11.8 Å². The maximum absolute atomic E-state index is 13.2. The number of amides is 2. The second kappa shape index (κ2) is 10.6. The van der Waals surface area contributed by atoms with Gasteiger partial charge in [-0.1, -0.05) is 70.5 Å². The molecule has 1 aromatic heterocycles. The summed E-state index contributed by atoms with van der Waals surface area (Å²) in [6.07, 6.45) is 5.08. The van der Waals surface area contributed by atoms with Crippen molar-refractivity contribution in [3.05, 3.63) is 107 Å². The highest BCUT2D eigenvalue weighted by Crippen LogP contribution is 2.38. The topological polar surface area (TPSA) is 93.6 Å². The summed E-state index contributed by atoms with van der Waals surface area (Å²) in [6, 6.07) is 22.7. The van der Waals surface area contributed by atoms with Crippen LogP contribution in [-0.2, 0) is 14.3 Å². The highest BCUT2D eigenvalue weighted by atomic mass is 79.9. The summed E-state index contributed by atoms with van der Waals surface area (Å²) >= 11 is 3.45. The third kappa shape index (κ3) is 4.75. The molecule has 0 bridgehead atoms. The van der Waals surface area contributed by atoms with Gasteiger partial charge in [0.1, 0.15) is 0 Å². The predicted molar refractivity (Wildman–Crippen MR) is 154 cm³/mol. The number of nitrogens with zero attached hydrogens (tertiary/aromatic N) is 2. The van der Waals surface area contributed by atoms with Crippen LogP contribution in [0.2, 0.25) is 0 Å². The van der Waals surface area contributed by atoms with Gasteiger partial charge in [0.05, 0.1) is 34.3 Å². The Balaban J connectivity index is 1.29. The normalized spacial score (nSPS) is 18.2. The van der Waals surface area contributed by atoms with E-state index in [1.54, 1.807) is 66.7 Å². The van der Waals surface area contributed by atoms with Gasteiger partial charge in [-0.05, 0) is 49.2 Å². The molecule has 1 fully saturated rings. The van der Waals surface area contributed by atoms with Crippen molar-refractivity contribution in [3.8, 4) is 11.3 Å². The van der Waals surface area contributed by atoms with Gasteiger partial charge >= 0.3 is 5.97 Å². The number of anilines is 1. The average Bonchev–Trinajstić information content (AvgIpc) is 3.25. The lowest BCUT2D eigenvalue weighted by Gasteiger charge is -2.15. The lowest BCUT2D eigenvalue weighted by atomic mass is 9.85. The highest BCUT2D eigenvalue weighted by Gasteiger charge is 2.47. The molecule has 0 spiro atoms. The molecule has 1 saturated heterocycles. The number of aromatic nitrogens is 1. The second-order valence-electron chi connectivity index (χ2n) is 9.80. The Hall–Kier alpha value is -4.43. The number of hydrogen-bond acceptors (Lipinski definition) is 6. The van der Waals surface area contributed by atoms with Crippen LogP contribution in [-0.4, -0.2) is 35.2 Å². The molecule has 0 saturated carbocycles. The number of hydrogen-bond donors (Lipinski definition) is 0. The minimum atomic E-state index is -0.642. The summed E-state index contributed by atoms with van der Waals surface area (Å²) in [4.78, 5) is 57.7. The molecule has 3 aromatic carbocycles. The fourth-order valence-electron chi connectivity index (χ4n) is 5.27. The van der Waals surface area contributed by atoms with Crippen LogP contribution in [0.1, 0.15) is 33.6 Å². The van der Waals surface area contributed by atoms with E-state index in [1.165, 1.54) is 4.90 Å². The number of ketones is 1. The quantitative estimate of drug-likeness (QED) is 0.115. The molecule has 2 heterocycles. The van der Waals surface area contributed by atoms with Gasteiger partial charge in [-0.3, -0.25) is 19.3 Å². The van der Waals surface area contributed by atoms with Gasteiger partial charge in [-0.15, -0.1) is 0 Å². The Kier molecular flexibility index (Phi) is 6.86. The molecule has 0 N–H and O–H groups in total. The van der Waals surface area contributed by atoms with E-state index in [0.717, 1.165) is 4.47 Å². The van der Waals surface area contributed by atoms with Crippen LogP contribution >= 0.6 is 15.9 Å². The van der Waals surface area contributed by atoms with Crippen LogP contribution in [0.25, 0.3) is 22.2 Å². The molecule has 7 nitrogen and oxygen atoms in total. The predicted octanol–water partition coefficient (Wildman–Crippen LogP) is 6.16. The number of esters is 1. The Labute approximate surface area is 238 Å².